The summed E-state index contributed by atoms with van der Waals surface area (Å²) >= 11 is 6.23. The Morgan fingerprint density at radius 1 is 1.36 bits per heavy atom. The zero-order valence-electron chi connectivity index (χ0n) is 14.5. The number of nitrogens with one attached hydrogen (secondary N) is 2. The number of halogens is 1. The van der Waals surface area contributed by atoms with Gasteiger partial charge in [-0.2, -0.15) is 0 Å². The van der Waals surface area contributed by atoms with Crippen LogP contribution < -0.4 is 15.1 Å². The van der Waals surface area contributed by atoms with Crippen molar-refractivity contribution in [2.45, 2.75) is 45.0 Å². The summed E-state index contributed by atoms with van der Waals surface area (Å²) in [4.78, 5) is 15.4. The number of carbonyl (C=O) groups excluding carboxylic acids is 1. The molecule has 4 heterocycles. The smallest absolute Gasteiger partial charge is 0.255 e. The molecule has 6 nitrogen and oxygen atoms in total. The number of quaternary nitrogens is 1. The summed E-state index contributed by atoms with van der Waals surface area (Å²) in [5.41, 5.74) is 1.14. The van der Waals surface area contributed by atoms with E-state index in [-0.39, 0.29) is 23.1 Å². The van der Waals surface area contributed by atoms with E-state index < -0.39 is 6.23 Å². The van der Waals surface area contributed by atoms with Crippen LogP contribution in [-0.2, 0) is 0 Å². The van der Waals surface area contributed by atoms with Gasteiger partial charge in [-0.25, -0.2) is 0 Å². The highest BCUT2D eigenvalue weighted by Gasteiger charge is 2.37. The molecule has 5 rings (SSSR count). The maximum atomic E-state index is 13.0. The lowest BCUT2D eigenvalue weighted by molar-refractivity contribution is -0.926. The Kier molecular flexibility index (Phi) is 4.40. The fraction of sp³-hybridized carbons (Fsp3) is 0.611. The summed E-state index contributed by atoms with van der Waals surface area (Å²) in [5, 5.41) is 15.9. The second-order valence-electron chi connectivity index (χ2n) is 7.47. The normalized spacial score (nSPS) is 36.5. The van der Waals surface area contributed by atoms with Crippen LogP contribution in [0.5, 0.6) is 5.75 Å². The predicted molar refractivity (Wildman–Crippen MR) is 94.7 cm³/mol. The number of amides is 1. The molecule has 25 heavy (non-hydrogen) atoms. The zero-order valence-corrected chi connectivity index (χ0v) is 15.3. The number of rotatable bonds is 2. The third-order valence-corrected chi connectivity index (χ3v) is 6.11. The summed E-state index contributed by atoms with van der Waals surface area (Å²) in [7, 11) is 0. The van der Waals surface area contributed by atoms with Gasteiger partial charge in [0.05, 0.1) is 11.1 Å². The van der Waals surface area contributed by atoms with Gasteiger partial charge >= 0.3 is 0 Å². The van der Waals surface area contributed by atoms with Gasteiger partial charge in [0.15, 0.2) is 0 Å². The minimum atomic E-state index is -0.549. The summed E-state index contributed by atoms with van der Waals surface area (Å²) in [5.74, 6) is 0.887. The largest absolute Gasteiger partial charge is 0.631 e. The van der Waals surface area contributed by atoms with E-state index in [4.69, 9.17) is 16.3 Å². The molecule has 136 valence electrons. The molecule has 2 bridgehead atoms. The summed E-state index contributed by atoms with van der Waals surface area (Å²) in [6, 6.07) is 3.23. The first-order valence-corrected chi connectivity index (χ1v) is 9.39. The summed E-state index contributed by atoms with van der Waals surface area (Å²) < 4.78 is 5.79. The molecule has 3 fully saturated rings. The number of piperidine rings is 3. The van der Waals surface area contributed by atoms with Crippen molar-refractivity contribution < 1.29 is 14.6 Å². The Morgan fingerprint density at radius 3 is 2.72 bits per heavy atom. The maximum Gasteiger partial charge on any atom is 0.255 e. The van der Waals surface area contributed by atoms with Crippen molar-refractivity contribution in [3.8, 4) is 5.75 Å². The average Bonchev–Trinajstić information content (AvgIpc) is 2.61. The van der Waals surface area contributed by atoms with Crippen LogP contribution in [0.25, 0.3) is 0 Å². The third kappa shape index (κ3) is 3.01. The first kappa shape index (κ1) is 17.1. The highest BCUT2D eigenvalue weighted by molar-refractivity contribution is 6.31. The van der Waals surface area contributed by atoms with Crippen LogP contribution in [0.15, 0.2) is 12.1 Å². The SMILES string of the molecule is CC1Oc2c(C(=O)NC3CN4CCC3CC4)cc(Cl)cc2C(C)[NH+]1[O-]. The zero-order chi connectivity index (χ0) is 17.7. The molecule has 3 saturated heterocycles. The summed E-state index contributed by atoms with van der Waals surface area (Å²) in [6.07, 6.45) is 1.72. The van der Waals surface area contributed by atoms with Crippen molar-refractivity contribution in [2.24, 2.45) is 5.92 Å². The van der Waals surface area contributed by atoms with Crippen molar-refractivity contribution in [3.63, 3.8) is 0 Å². The molecule has 1 aromatic rings. The van der Waals surface area contributed by atoms with Gasteiger partial charge in [0.25, 0.3) is 5.91 Å². The number of hydroxylamine groups is 2. The quantitative estimate of drug-likeness (QED) is 0.776. The molecular weight excluding hydrogens is 342 g/mol. The van der Waals surface area contributed by atoms with Gasteiger partial charge in [0.2, 0.25) is 6.23 Å². The number of benzene rings is 1. The predicted octanol–water partition coefficient (Wildman–Crippen LogP) is 1.35. The topological polar surface area (TPSA) is 69.1 Å². The molecule has 0 aromatic heterocycles. The van der Waals surface area contributed by atoms with Crippen LogP contribution in [0.3, 0.4) is 0 Å². The molecule has 4 unspecified atom stereocenters. The van der Waals surface area contributed by atoms with Gasteiger partial charge in [0, 0.05) is 24.5 Å². The molecule has 0 spiro atoms. The van der Waals surface area contributed by atoms with Crippen molar-refractivity contribution >= 4 is 17.5 Å². The Morgan fingerprint density at radius 2 is 2.08 bits per heavy atom. The van der Waals surface area contributed by atoms with Crippen LogP contribution in [-0.4, -0.2) is 42.7 Å². The van der Waals surface area contributed by atoms with E-state index in [0.717, 1.165) is 32.5 Å². The first-order chi connectivity index (χ1) is 11.9. The van der Waals surface area contributed by atoms with Gasteiger partial charge in [-0.1, -0.05) is 11.6 Å². The van der Waals surface area contributed by atoms with Crippen molar-refractivity contribution in [1.82, 2.24) is 10.2 Å². The van der Waals surface area contributed by atoms with E-state index in [2.05, 4.69) is 10.2 Å². The molecule has 2 N–H and O–H groups in total. The van der Waals surface area contributed by atoms with Crippen LogP contribution in [0.2, 0.25) is 5.02 Å². The van der Waals surface area contributed by atoms with E-state index in [0.29, 0.717) is 27.8 Å². The number of hydrogen-bond donors (Lipinski definition) is 2. The summed E-state index contributed by atoms with van der Waals surface area (Å²) in [6.45, 7) is 6.73. The molecule has 7 heteroatoms. The standard InChI is InChI=1S/C18H24ClN3O3/c1-10-14-7-13(19)8-15(17(14)25-11(2)22(10)24)18(23)20-16-9-21-5-3-12(16)4-6-21/h7-8,10-12,16,22H,3-6,9H2,1-2H3,(H,20,23). The molecular formula is C18H24ClN3O3. The maximum absolute atomic E-state index is 13.0. The second-order valence-corrected chi connectivity index (χ2v) is 7.91. The van der Waals surface area contributed by atoms with Gasteiger partial charge in [0.1, 0.15) is 11.8 Å². The van der Waals surface area contributed by atoms with E-state index in [9.17, 15) is 10.0 Å². The van der Waals surface area contributed by atoms with Crippen LogP contribution in [0.1, 0.15) is 48.7 Å². The van der Waals surface area contributed by atoms with Crippen LogP contribution >= 0.6 is 11.6 Å². The van der Waals surface area contributed by atoms with E-state index >= 15 is 0 Å². The minimum absolute atomic E-state index is 0.0125. The highest BCUT2D eigenvalue weighted by atomic mass is 35.5. The molecule has 4 atom stereocenters. The van der Waals surface area contributed by atoms with Gasteiger partial charge in [-0.3, -0.25) is 4.79 Å². The van der Waals surface area contributed by atoms with Crippen LogP contribution in [0.4, 0.5) is 0 Å². The van der Waals surface area contributed by atoms with Crippen LogP contribution in [0, 0.1) is 11.1 Å². The highest BCUT2D eigenvalue weighted by Crippen LogP contribution is 2.35. The fourth-order valence-corrected chi connectivity index (χ4v) is 4.58. The van der Waals surface area contributed by atoms with Crippen molar-refractivity contribution in [3.05, 3.63) is 33.5 Å². The molecule has 0 aliphatic carbocycles. The van der Waals surface area contributed by atoms with Crippen molar-refractivity contribution in [1.29, 1.82) is 0 Å². The second kappa shape index (κ2) is 6.43. The number of ether oxygens (including phenoxy) is 1. The van der Waals surface area contributed by atoms with E-state index in [1.165, 1.54) is 0 Å². The Bertz CT molecular complexity index is 690. The number of hydrogen-bond acceptors (Lipinski definition) is 4. The lowest BCUT2D eigenvalue weighted by Gasteiger charge is -2.45. The first-order valence-electron chi connectivity index (χ1n) is 9.01. The average molecular weight is 366 g/mol. The van der Waals surface area contributed by atoms with Gasteiger partial charge < -0.3 is 25.2 Å². The monoisotopic (exact) mass is 365 g/mol. The lowest BCUT2D eigenvalue weighted by Crippen LogP contribution is -3.12. The van der Waals surface area contributed by atoms with E-state index in [1.807, 2.05) is 6.92 Å². The number of fused-ring (bicyclic) bond motifs is 4. The van der Waals surface area contributed by atoms with Gasteiger partial charge in [-0.15, -0.1) is 0 Å². The lowest BCUT2D eigenvalue weighted by atomic mass is 9.84. The molecule has 0 radical (unpaired) electrons. The molecule has 1 aromatic carbocycles. The van der Waals surface area contributed by atoms with Gasteiger partial charge in [-0.05, 0) is 50.9 Å². The fourth-order valence-electron chi connectivity index (χ4n) is 4.35. The molecule has 4 aliphatic rings. The Balaban J connectivity index is 1.62. The van der Waals surface area contributed by atoms with E-state index in [1.54, 1.807) is 19.1 Å². The third-order valence-electron chi connectivity index (χ3n) is 5.89. The number of carbonyl (C=O) groups is 1. The minimum Gasteiger partial charge on any atom is -0.631 e. The molecule has 1 amide bonds. The number of nitrogens with zero attached hydrogens (tertiary/aromatic N) is 1. The Labute approximate surface area is 152 Å². The molecule has 0 saturated carbocycles. The Hall–Kier alpha value is -1.34. The van der Waals surface area contributed by atoms with Crippen molar-refractivity contribution in [2.75, 3.05) is 19.6 Å². The molecule has 4 aliphatic heterocycles.